The second kappa shape index (κ2) is 6.13. The fourth-order valence-electron chi connectivity index (χ4n) is 2.63. The minimum absolute atomic E-state index is 0.105. The second-order valence-corrected chi connectivity index (χ2v) is 5.16. The molecule has 0 spiro atoms. The molecule has 7 heteroatoms. The van der Waals surface area contributed by atoms with E-state index in [1.54, 1.807) is 0 Å². The van der Waals surface area contributed by atoms with E-state index in [1.807, 2.05) is 59.2 Å². The summed E-state index contributed by atoms with van der Waals surface area (Å²) in [5.74, 6) is 0. The third kappa shape index (κ3) is 2.54. The molecule has 0 amide bonds. The highest BCUT2D eigenvalue weighted by molar-refractivity contribution is 6.11. The Bertz CT molecular complexity index is 694. The SMILES string of the molecule is CC/N=C(/c1cnn(CC)c1)c1ccnn1C1CC=NN1C. The van der Waals surface area contributed by atoms with Gasteiger partial charge in [-0.15, -0.1) is 0 Å². The summed E-state index contributed by atoms with van der Waals surface area (Å²) in [4.78, 5) is 4.68. The molecule has 2 aromatic rings. The van der Waals surface area contributed by atoms with Crippen LogP contribution in [-0.4, -0.2) is 50.1 Å². The third-order valence-corrected chi connectivity index (χ3v) is 3.75. The zero-order valence-corrected chi connectivity index (χ0v) is 13.2. The Morgan fingerprint density at radius 2 is 2.23 bits per heavy atom. The first-order valence-corrected chi connectivity index (χ1v) is 7.61. The molecule has 1 aliphatic rings. The lowest BCUT2D eigenvalue weighted by Crippen LogP contribution is -2.25. The van der Waals surface area contributed by atoms with Crippen molar-refractivity contribution in [3.63, 3.8) is 0 Å². The van der Waals surface area contributed by atoms with Gasteiger partial charge in [0.2, 0.25) is 0 Å². The maximum atomic E-state index is 4.68. The van der Waals surface area contributed by atoms with Crippen molar-refractivity contribution in [1.29, 1.82) is 0 Å². The van der Waals surface area contributed by atoms with Gasteiger partial charge >= 0.3 is 0 Å². The highest BCUT2D eigenvalue weighted by atomic mass is 15.6. The molecule has 0 aromatic carbocycles. The van der Waals surface area contributed by atoms with Crippen molar-refractivity contribution in [2.24, 2.45) is 10.1 Å². The van der Waals surface area contributed by atoms with Gasteiger partial charge in [0.25, 0.3) is 0 Å². The van der Waals surface area contributed by atoms with Crippen LogP contribution >= 0.6 is 0 Å². The summed E-state index contributed by atoms with van der Waals surface area (Å²) >= 11 is 0. The number of hydrogen-bond acceptors (Lipinski definition) is 5. The second-order valence-electron chi connectivity index (χ2n) is 5.16. The van der Waals surface area contributed by atoms with Gasteiger partial charge in [-0.25, -0.2) is 4.68 Å². The van der Waals surface area contributed by atoms with Crippen LogP contribution in [0.15, 0.2) is 34.8 Å². The van der Waals surface area contributed by atoms with Crippen LogP contribution in [0.2, 0.25) is 0 Å². The van der Waals surface area contributed by atoms with Crippen LogP contribution in [0.5, 0.6) is 0 Å². The lowest BCUT2D eigenvalue weighted by atomic mass is 10.1. The third-order valence-electron chi connectivity index (χ3n) is 3.75. The van der Waals surface area contributed by atoms with Gasteiger partial charge in [0.05, 0.1) is 17.6 Å². The molecule has 0 fully saturated rings. The number of nitrogens with zero attached hydrogens (tertiary/aromatic N) is 7. The lowest BCUT2D eigenvalue weighted by molar-refractivity contribution is 0.197. The first kappa shape index (κ1) is 14.5. The average molecular weight is 299 g/mol. The quantitative estimate of drug-likeness (QED) is 0.791. The van der Waals surface area contributed by atoms with Crippen molar-refractivity contribution in [3.05, 3.63) is 35.9 Å². The van der Waals surface area contributed by atoms with Crippen LogP contribution < -0.4 is 0 Å². The van der Waals surface area contributed by atoms with E-state index in [-0.39, 0.29) is 6.17 Å². The summed E-state index contributed by atoms with van der Waals surface area (Å²) in [6, 6.07) is 2.00. The minimum Gasteiger partial charge on any atom is -0.283 e. The molecule has 1 aliphatic heterocycles. The van der Waals surface area contributed by atoms with E-state index in [2.05, 4.69) is 27.2 Å². The molecular weight excluding hydrogens is 278 g/mol. The van der Waals surface area contributed by atoms with Crippen LogP contribution in [0.1, 0.15) is 37.7 Å². The highest BCUT2D eigenvalue weighted by Gasteiger charge is 2.24. The molecule has 0 saturated heterocycles. The topological polar surface area (TPSA) is 63.6 Å². The summed E-state index contributed by atoms with van der Waals surface area (Å²) in [5.41, 5.74) is 2.95. The van der Waals surface area contributed by atoms with Gasteiger partial charge in [0.15, 0.2) is 0 Å². The zero-order chi connectivity index (χ0) is 15.5. The van der Waals surface area contributed by atoms with Gasteiger partial charge in [-0.05, 0) is 19.9 Å². The van der Waals surface area contributed by atoms with E-state index in [4.69, 9.17) is 0 Å². The van der Waals surface area contributed by atoms with Gasteiger partial charge in [0, 0.05) is 50.7 Å². The molecule has 22 heavy (non-hydrogen) atoms. The molecule has 1 atom stereocenters. The van der Waals surface area contributed by atoms with E-state index in [9.17, 15) is 0 Å². The molecule has 3 heterocycles. The number of aromatic nitrogens is 4. The summed E-state index contributed by atoms with van der Waals surface area (Å²) in [7, 11) is 1.96. The van der Waals surface area contributed by atoms with Crippen molar-refractivity contribution in [1.82, 2.24) is 24.6 Å². The van der Waals surface area contributed by atoms with E-state index < -0.39 is 0 Å². The van der Waals surface area contributed by atoms with E-state index in [1.165, 1.54) is 0 Å². The molecule has 0 radical (unpaired) electrons. The van der Waals surface area contributed by atoms with Gasteiger partial charge < -0.3 is 0 Å². The molecule has 0 aliphatic carbocycles. The molecule has 1 unspecified atom stereocenters. The predicted molar refractivity (Wildman–Crippen MR) is 86.2 cm³/mol. The van der Waals surface area contributed by atoms with Crippen LogP contribution in [0.4, 0.5) is 0 Å². The molecule has 7 nitrogen and oxygen atoms in total. The minimum atomic E-state index is 0.105. The zero-order valence-electron chi connectivity index (χ0n) is 13.2. The first-order chi connectivity index (χ1) is 10.7. The van der Waals surface area contributed by atoms with Crippen LogP contribution in [0.3, 0.4) is 0 Å². The number of rotatable bonds is 5. The Kier molecular flexibility index (Phi) is 4.04. The summed E-state index contributed by atoms with van der Waals surface area (Å²) < 4.78 is 3.90. The Hall–Kier alpha value is -2.44. The van der Waals surface area contributed by atoms with Gasteiger partial charge in [-0.2, -0.15) is 15.3 Å². The van der Waals surface area contributed by atoms with Crippen molar-refractivity contribution < 1.29 is 0 Å². The highest BCUT2D eigenvalue weighted by Crippen LogP contribution is 2.22. The van der Waals surface area contributed by atoms with E-state index in [0.29, 0.717) is 0 Å². The van der Waals surface area contributed by atoms with Crippen LogP contribution in [0.25, 0.3) is 0 Å². The van der Waals surface area contributed by atoms with Crippen molar-refractivity contribution in [3.8, 4) is 0 Å². The molecule has 2 aromatic heterocycles. The van der Waals surface area contributed by atoms with E-state index in [0.717, 1.165) is 36.5 Å². The Labute approximate surface area is 130 Å². The van der Waals surface area contributed by atoms with Crippen molar-refractivity contribution >= 4 is 11.9 Å². The number of aliphatic imine (C=N–C) groups is 1. The van der Waals surface area contributed by atoms with Gasteiger partial charge in [0.1, 0.15) is 6.17 Å². The molecule has 0 saturated carbocycles. The van der Waals surface area contributed by atoms with Gasteiger partial charge in [-0.3, -0.25) is 14.7 Å². The fraction of sp³-hybridized carbons (Fsp3) is 0.467. The predicted octanol–water partition coefficient (Wildman–Crippen LogP) is 1.78. The monoisotopic (exact) mass is 299 g/mol. The molecular formula is C15H21N7. The number of hydrogen-bond donors (Lipinski definition) is 0. The average Bonchev–Trinajstić information content (AvgIpc) is 3.24. The maximum absolute atomic E-state index is 4.68. The largest absolute Gasteiger partial charge is 0.283 e. The summed E-state index contributed by atoms with van der Waals surface area (Å²) in [5, 5.41) is 15.1. The Morgan fingerprint density at radius 1 is 1.36 bits per heavy atom. The Morgan fingerprint density at radius 3 is 2.86 bits per heavy atom. The Balaban J connectivity index is 2.00. The van der Waals surface area contributed by atoms with Crippen LogP contribution in [-0.2, 0) is 6.54 Å². The smallest absolute Gasteiger partial charge is 0.144 e. The maximum Gasteiger partial charge on any atom is 0.144 e. The fourth-order valence-corrected chi connectivity index (χ4v) is 2.63. The van der Waals surface area contributed by atoms with Crippen molar-refractivity contribution in [2.45, 2.75) is 33.0 Å². The molecule has 0 bridgehead atoms. The number of aryl methyl sites for hydroxylation is 1. The molecule has 3 rings (SSSR count). The summed E-state index contributed by atoms with van der Waals surface area (Å²) in [6.45, 7) is 5.67. The van der Waals surface area contributed by atoms with Crippen LogP contribution in [0, 0.1) is 0 Å². The normalized spacial score (nSPS) is 18.4. The van der Waals surface area contributed by atoms with Crippen molar-refractivity contribution in [2.75, 3.05) is 13.6 Å². The number of hydrazone groups is 1. The summed E-state index contributed by atoms with van der Waals surface area (Å²) in [6.07, 6.45) is 8.58. The molecule has 0 N–H and O–H groups in total. The first-order valence-electron chi connectivity index (χ1n) is 7.61. The standard InChI is InChI=1S/C15H21N7/c1-4-16-15(12-10-19-21(5-2)11-12)13-6-8-18-22(13)14-7-9-17-20(14)3/h6,8-11,14H,4-5,7H2,1-3H3/b16-15-. The lowest BCUT2D eigenvalue weighted by Gasteiger charge is -2.21. The van der Waals surface area contributed by atoms with E-state index >= 15 is 0 Å². The van der Waals surface area contributed by atoms with Gasteiger partial charge in [-0.1, -0.05) is 0 Å². The molecule has 116 valence electrons.